The molecule has 25 heavy (non-hydrogen) atoms. The Hall–Kier alpha value is -2.80. The molecule has 8 heteroatoms. The van der Waals surface area contributed by atoms with Gasteiger partial charge in [0.25, 0.3) is 11.6 Å². The Kier molecular flexibility index (Phi) is 4.50. The molecule has 0 aliphatic heterocycles. The van der Waals surface area contributed by atoms with Crippen molar-refractivity contribution in [3.05, 3.63) is 68.3 Å². The van der Waals surface area contributed by atoms with Gasteiger partial charge in [-0.2, -0.15) is 4.98 Å². The molecule has 0 N–H and O–H groups in total. The summed E-state index contributed by atoms with van der Waals surface area (Å²) in [5, 5.41) is 0.593. The Morgan fingerprint density at radius 2 is 1.88 bits per heavy atom. The first-order chi connectivity index (χ1) is 11.9. The number of benzene rings is 1. The van der Waals surface area contributed by atoms with Crippen molar-refractivity contribution < 1.29 is 4.74 Å². The van der Waals surface area contributed by atoms with Gasteiger partial charge in [-0.1, -0.05) is 36.4 Å². The van der Waals surface area contributed by atoms with E-state index in [2.05, 4.69) is 11.6 Å². The summed E-state index contributed by atoms with van der Waals surface area (Å²) < 4.78 is 9.50. The van der Waals surface area contributed by atoms with Crippen LogP contribution in [0.1, 0.15) is 5.56 Å². The number of imidazole rings is 1. The highest BCUT2D eigenvalue weighted by Gasteiger charge is 2.19. The Balaban J connectivity index is 2.18. The number of aryl methyl sites for hydroxylation is 2. The lowest BCUT2D eigenvalue weighted by atomic mass is 10.2. The summed E-state index contributed by atoms with van der Waals surface area (Å²) >= 11 is 5.88. The van der Waals surface area contributed by atoms with Crippen LogP contribution in [0.25, 0.3) is 11.2 Å². The quantitative estimate of drug-likeness (QED) is 0.649. The number of fused-ring (bicyclic) bond motifs is 1. The second-order valence-electron chi connectivity index (χ2n) is 5.58. The minimum absolute atomic E-state index is 0.145. The molecule has 1 aromatic carbocycles. The summed E-state index contributed by atoms with van der Waals surface area (Å²) in [5.74, 6) is 0. The fraction of sp³-hybridized carbons (Fsp3) is 0.235. The van der Waals surface area contributed by atoms with Crippen molar-refractivity contribution in [1.29, 1.82) is 0 Å². The van der Waals surface area contributed by atoms with Gasteiger partial charge in [0.15, 0.2) is 11.2 Å². The summed E-state index contributed by atoms with van der Waals surface area (Å²) in [6, 6.07) is 7.25. The first kappa shape index (κ1) is 17.0. The summed E-state index contributed by atoms with van der Waals surface area (Å²) in [6.45, 7) is 3.98. The van der Waals surface area contributed by atoms with Crippen LogP contribution < -0.4 is 16.0 Å². The van der Waals surface area contributed by atoms with E-state index in [0.717, 1.165) is 5.56 Å². The minimum atomic E-state index is -0.444. The number of rotatable bonds is 5. The van der Waals surface area contributed by atoms with Gasteiger partial charge in [-0.15, -0.1) is 0 Å². The van der Waals surface area contributed by atoms with Crippen molar-refractivity contribution in [2.75, 3.05) is 6.61 Å². The van der Waals surface area contributed by atoms with Crippen LogP contribution >= 0.6 is 11.6 Å². The van der Waals surface area contributed by atoms with Crippen LogP contribution in [-0.2, 0) is 20.6 Å². The molecule has 0 aliphatic carbocycles. The lowest BCUT2D eigenvalue weighted by molar-refractivity contribution is 0.324. The van der Waals surface area contributed by atoms with Gasteiger partial charge >= 0.3 is 5.69 Å². The Morgan fingerprint density at radius 1 is 1.20 bits per heavy atom. The molecule has 0 atom stereocenters. The molecule has 0 saturated carbocycles. The molecule has 0 bridgehead atoms. The lowest BCUT2D eigenvalue weighted by Gasteiger charge is -2.08. The maximum Gasteiger partial charge on any atom is 0.332 e. The summed E-state index contributed by atoms with van der Waals surface area (Å²) in [7, 11) is 3.25. The van der Waals surface area contributed by atoms with Crippen molar-refractivity contribution in [3.63, 3.8) is 0 Å². The average Bonchev–Trinajstić information content (AvgIpc) is 2.93. The van der Waals surface area contributed by atoms with Gasteiger partial charge < -0.3 is 4.74 Å². The predicted octanol–water partition coefficient (Wildman–Crippen LogP) is 1.70. The molecule has 3 rings (SSSR count). The largest absolute Gasteiger partial charge is 0.460 e. The highest BCUT2D eigenvalue weighted by Crippen LogP contribution is 2.16. The van der Waals surface area contributed by atoms with Gasteiger partial charge in [-0.05, 0) is 17.7 Å². The molecule has 7 nitrogen and oxygen atoms in total. The van der Waals surface area contributed by atoms with Gasteiger partial charge in [-0.3, -0.25) is 18.5 Å². The van der Waals surface area contributed by atoms with Crippen LogP contribution in [0.3, 0.4) is 0 Å². The topological polar surface area (TPSA) is 71.1 Å². The SMILES string of the molecule is C=CCOc1nc2c(c(=O)n(Cc3ccc(Cl)cc3)c(=O)n2C)n1C. The monoisotopic (exact) mass is 360 g/mol. The fourth-order valence-corrected chi connectivity index (χ4v) is 2.72. The lowest BCUT2D eigenvalue weighted by Crippen LogP contribution is -2.39. The van der Waals surface area contributed by atoms with Crippen LogP contribution in [0.5, 0.6) is 6.01 Å². The Bertz CT molecular complexity index is 1060. The molecule has 0 fully saturated rings. The zero-order valence-corrected chi connectivity index (χ0v) is 14.7. The zero-order valence-electron chi connectivity index (χ0n) is 13.9. The Labute approximate surface area is 148 Å². The van der Waals surface area contributed by atoms with Crippen molar-refractivity contribution in [3.8, 4) is 6.01 Å². The number of hydrogen-bond acceptors (Lipinski definition) is 4. The molecule has 0 aliphatic rings. The maximum absolute atomic E-state index is 12.9. The molecule has 2 heterocycles. The standard InChI is InChI=1S/C17H17ClN4O3/c1-4-9-25-16-19-14-13(20(16)2)15(23)22(17(24)21(14)3)10-11-5-7-12(18)8-6-11/h4-8H,1,9-10H2,2-3H3. The molecule has 3 aromatic rings. The summed E-state index contributed by atoms with van der Waals surface area (Å²) in [5.41, 5.74) is 0.518. The molecule has 0 amide bonds. The van der Waals surface area contributed by atoms with Crippen LogP contribution in [0.15, 0.2) is 46.5 Å². The van der Waals surface area contributed by atoms with Crippen LogP contribution in [0.4, 0.5) is 0 Å². The van der Waals surface area contributed by atoms with Crippen LogP contribution in [-0.4, -0.2) is 25.3 Å². The third-order valence-electron chi connectivity index (χ3n) is 3.90. The summed E-state index contributed by atoms with van der Waals surface area (Å²) in [4.78, 5) is 29.7. The number of halogens is 1. The number of nitrogens with zero attached hydrogens (tertiary/aromatic N) is 4. The first-order valence-corrected chi connectivity index (χ1v) is 7.96. The summed E-state index contributed by atoms with van der Waals surface area (Å²) in [6.07, 6.45) is 1.58. The van der Waals surface area contributed by atoms with E-state index in [0.29, 0.717) is 10.5 Å². The molecule has 0 unspecified atom stereocenters. The van der Waals surface area contributed by atoms with Gasteiger partial charge in [0.05, 0.1) is 6.54 Å². The fourth-order valence-electron chi connectivity index (χ4n) is 2.60. The van der Waals surface area contributed by atoms with E-state index in [1.807, 2.05) is 0 Å². The number of ether oxygens (including phenoxy) is 1. The van der Waals surface area contributed by atoms with Crippen molar-refractivity contribution in [2.24, 2.45) is 14.1 Å². The van der Waals surface area contributed by atoms with E-state index in [9.17, 15) is 9.59 Å². The Morgan fingerprint density at radius 3 is 2.52 bits per heavy atom. The predicted molar refractivity (Wildman–Crippen MR) is 96.5 cm³/mol. The van der Waals surface area contributed by atoms with Crippen LogP contribution in [0, 0.1) is 0 Å². The molecular formula is C17H17ClN4O3. The molecule has 0 spiro atoms. The normalized spacial score (nSPS) is 11.0. The van der Waals surface area contributed by atoms with E-state index in [-0.39, 0.29) is 24.8 Å². The van der Waals surface area contributed by atoms with Gasteiger partial charge in [0.1, 0.15) is 6.61 Å². The number of aromatic nitrogens is 4. The maximum atomic E-state index is 12.9. The van der Waals surface area contributed by atoms with Crippen LogP contribution in [0.2, 0.25) is 5.02 Å². The smallest absolute Gasteiger partial charge is 0.332 e. The molecule has 0 radical (unpaired) electrons. The second-order valence-corrected chi connectivity index (χ2v) is 6.02. The molecular weight excluding hydrogens is 344 g/mol. The average molecular weight is 361 g/mol. The molecule has 0 saturated heterocycles. The molecule has 130 valence electrons. The first-order valence-electron chi connectivity index (χ1n) is 7.58. The van der Waals surface area contributed by atoms with Crippen molar-refractivity contribution in [2.45, 2.75) is 6.54 Å². The zero-order chi connectivity index (χ0) is 18.1. The van der Waals surface area contributed by atoms with Crippen molar-refractivity contribution in [1.82, 2.24) is 18.7 Å². The van der Waals surface area contributed by atoms with Gasteiger partial charge in [-0.25, -0.2) is 4.79 Å². The van der Waals surface area contributed by atoms with Crippen molar-refractivity contribution >= 4 is 22.8 Å². The number of hydrogen-bond donors (Lipinski definition) is 0. The van der Waals surface area contributed by atoms with Gasteiger partial charge in [0.2, 0.25) is 0 Å². The van der Waals surface area contributed by atoms with E-state index in [1.54, 1.807) is 49.0 Å². The third-order valence-corrected chi connectivity index (χ3v) is 4.16. The van der Waals surface area contributed by atoms with Gasteiger partial charge in [0, 0.05) is 19.1 Å². The van der Waals surface area contributed by atoms with E-state index < -0.39 is 11.2 Å². The highest BCUT2D eigenvalue weighted by molar-refractivity contribution is 6.30. The second kappa shape index (κ2) is 6.60. The highest BCUT2D eigenvalue weighted by atomic mass is 35.5. The van der Waals surface area contributed by atoms with E-state index >= 15 is 0 Å². The third kappa shape index (κ3) is 2.98. The van der Waals surface area contributed by atoms with E-state index in [4.69, 9.17) is 16.3 Å². The van der Waals surface area contributed by atoms with E-state index in [1.165, 1.54) is 9.13 Å². The minimum Gasteiger partial charge on any atom is -0.460 e. The molecule has 2 aromatic heterocycles.